The summed E-state index contributed by atoms with van der Waals surface area (Å²) in [6.07, 6.45) is 1.05. The number of halogens is 3. The Morgan fingerprint density at radius 1 is 1.10 bits per heavy atom. The van der Waals surface area contributed by atoms with Crippen LogP contribution < -0.4 is 0 Å². The smallest absolute Gasteiger partial charge is 0.328 e. The third-order valence-corrected chi connectivity index (χ3v) is 4.01. The Hall–Kier alpha value is -1.84. The lowest BCUT2D eigenvalue weighted by Crippen LogP contribution is -1.91. The fourth-order valence-electron chi connectivity index (χ4n) is 2.45. The molecule has 2 nitrogen and oxygen atoms in total. The fraction of sp³-hybridized carbons (Fsp3) is 0. The molecule has 0 aromatic heterocycles. The molecule has 100 valence electrons. The summed E-state index contributed by atoms with van der Waals surface area (Å²) in [5.74, 6) is -1.56. The van der Waals surface area contributed by atoms with E-state index in [0.29, 0.717) is 32.8 Å². The fourth-order valence-corrected chi connectivity index (χ4v) is 2.86. The summed E-state index contributed by atoms with van der Waals surface area (Å²) in [6, 6.07) is 7.73. The van der Waals surface area contributed by atoms with Gasteiger partial charge in [0.2, 0.25) is 0 Å². The van der Waals surface area contributed by atoms with Gasteiger partial charge in [-0.15, -0.1) is 0 Å². The second kappa shape index (κ2) is 4.62. The maximum Gasteiger partial charge on any atom is 0.328 e. The Kier molecular flexibility index (Phi) is 3.04. The largest absolute Gasteiger partial charge is 0.478 e. The molecule has 0 spiro atoms. The van der Waals surface area contributed by atoms with Crippen LogP contribution >= 0.6 is 23.2 Å². The van der Waals surface area contributed by atoms with Crippen LogP contribution in [0.5, 0.6) is 0 Å². The highest BCUT2D eigenvalue weighted by Crippen LogP contribution is 2.50. The molecule has 5 heteroatoms. The van der Waals surface area contributed by atoms with Crippen molar-refractivity contribution in [2.45, 2.75) is 0 Å². The van der Waals surface area contributed by atoms with Gasteiger partial charge < -0.3 is 5.11 Å². The van der Waals surface area contributed by atoms with Gasteiger partial charge in [0.1, 0.15) is 5.82 Å². The number of hydrogen-bond donors (Lipinski definition) is 1. The Morgan fingerprint density at radius 2 is 1.80 bits per heavy atom. The Bertz CT molecular complexity index is 782. The molecule has 2 aromatic rings. The van der Waals surface area contributed by atoms with Crippen LogP contribution in [-0.4, -0.2) is 11.1 Å². The molecular formula is C15H7Cl2FO2. The normalized spacial score (nSPS) is 14.2. The summed E-state index contributed by atoms with van der Waals surface area (Å²) in [5, 5.41) is 9.52. The van der Waals surface area contributed by atoms with Gasteiger partial charge in [-0.05, 0) is 28.8 Å². The number of carboxylic acids is 1. The number of benzene rings is 2. The van der Waals surface area contributed by atoms with E-state index in [1.54, 1.807) is 18.2 Å². The van der Waals surface area contributed by atoms with Gasteiger partial charge in [-0.2, -0.15) is 0 Å². The van der Waals surface area contributed by atoms with Gasteiger partial charge in [0.05, 0.1) is 10.0 Å². The number of carboxylic acid groups (broad SMARTS) is 1. The van der Waals surface area contributed by atoms with Crippen LogP contribution in [0.25, 0.3) is 16.7 Å². The van der Waals surface area contributed by atoms with Crippen molar-refractivity contribution in [1.29, 1.82) is 0 Å². The minimum atomic E-state index is -1.10. The molecule has 1 N–H and O–H groups in total. The average Bonchev–Trinajstić information content (AvgIpc) is 2.70. The summed E-state index contributed by atoms with van der Waals surface area (Å²) in [6.45, 7) is 0. The second-order valence-electron chi connectivity index (χ2n) is 4.34. The molecule has 0 atom stereocenters. The van der Waals surface area contributed by atoms with Gasteiger partial charge in [0, 0.05) is 17.2 Å². The van der Waals surface area contributed by atoms with E-state index in [9.17, 15) is 9.18 Å². The zero-order valence-corrected chi connectivity index (χ0v) is 11.5. The van der Waals surface area contributed by atoms with Crippen molar-refractivity contribution in [3.63, 3.8) is 0 Å². The SMILES string of the molecule is O=C(O)/C=C1\c2cccc(F)c2-c2c1ccc(Cl)c2Cl. The lowest BCUT2D eigenvalue weighted by atomic mass is 10.0. The van der Waals surface area contributed by atoms with Crippen molar-refractivity contribution in [3.8, 4) is 11.1 Å². The maximum atomic E-state index is 14.1. The van der Waals surface area contributed by atoms with Crippen molar-refractivity contribution in [2.75, 3.05) is 0 Å². The molecule has 0 aliphatic heterocycles. The van der Waals surface area contributed by atoms with Crippen LogP contribution in [0.15, 0.2) is 36.4 Å². The maximum absolute atomic E-state index is 14.1. The predicted molar refractivity (Wildman–Crippen MR) is 76.6 cm³/mol. The lowest BCUT2D eigenvalue weighted by molar-refractivity contribution is -0.131. The van der Waals surface area contributed by atoms with E-state index in [1.165, 1.54) is 12.1 Å². The first-order valence-electron chi connectivity index (χ1n) is 5.73. The third-order valence-electron chi connectivity index (χ3n) is 3.21. The van der Waals surface area contributed by atoms with Crippen LogP contribution in [0, 0.1) is 5.82 Å². The van der Waals surface area contributed by atoms with Crippen LogP contribution in [0.4, 0.5) is 4.39 Å². The first kappa shape index (κ1) is 13.2. The van der Waals surface area contributed by atoms with Gasteiger partial charge in [0.15, 0.2) is 0 Å². The van der Waals surface area contributed by atoms with Crippen molar-refractivity contribution >= 4 is 34.7 Å². The summed E-state index contributed by atoms with van der Waals surface area (Å²) in [5.41, 5.74) is 2.25. The highest BCUT2D eigenvalue weighted by atomic mass is 35.5. The third kappa shape index (κ3) is 1.82. The molecule has 1 aliphatic carbocycles. The first-order chi connectivity index (χ1) is 9.50. The molecule has 2 aromatic carbocycles. The average molecular weight is 309 g/mol. The molecular weight excluding hydrogens is 302 g/mol. The lowest BCUT2D eigenvalue weighted by Gasteiger charge is -2.05. The van der Waals surface area contributed by atoms with Gasteiger partial charge in [-0.1, -0.05) is 41.4 Å². The number of hydrogen-bond acceptors (Lipinski definition) is 1. The molecule has 0 amide bonds. The van der Waals surface area contributed by atoms with Crippen molar-refractivity contribution < 1.29 is 14.3 Å². The minimum Gasteiger partial charge on any atom is -0.478 e. The highest BCUT2D eigenvalue weighted by molar-refractivity contribution is 6.44. The monoisotopic (exact) mass is 308 g/mol. The Balaban J connectivity index is 2.45. The first-order valence-corrected chi connectivity index (χ1v) is 6.48. The molecule has 0 heterocycles. The molecule has 3 rings (SSSR count). The quantitative estimate of drug-likeness (QED) is 0.665. The second-order valence-corrected chi connectivity index (χ2v) is 5.13. The zero-order chi connectivity index (χ0) is 14.4. The minimum absolute atomic E-state index is 0.226. The van der Waals surface area contributed by atoms with Gasteiger partial charge in [0.25, 0.3) is 0 Å². The van der Waals surface area contributed by atoms with Crippen LogP contribution in [0.2, 0.25) is 10.0 Å². The topological polar surface area (TPSA) is 37.3 Å². The van der Waals surface area contributed by atoms with E-state index in [0.717, 1.165) is 6.08 Å². The van der Waals surface area contributed by atoms with Crippen molar-refractivity contribution in [3.05, 3.63) is 63.4 Å². The molecule has 0 radical (unpaired) electrons. The van der Waals surface area contributed by atoms with E-state index in [-0.39, 0.29) is 5.02 Å². The van der Waals surface area contributed by atoms with Crippen LogP contribution in [0.1, 0.15) is 11.1 Å². The number of fused-ring (bicyclic) bond motifs is 3. The van der Waals surface area contributed by atoms with Crippen molar-refractivity contribution in [1.82, 2.24) is 0 Å². The number of carbonyl (C=O) groups is 1. The number of aliphatic carboxylic acids is 1. The molecule has 0 saturated carbocycles. The molecule has 20 heavy (non-hydrogen) atoms. The van der Waals surface area contributed by atoms with E-state index >= 15 is 0 Å². The van der Waals surface area contributed by atoms with E-state index in [4.69, 9.17) is 28.3 Å². The van der Waals surface area contributed by atoms with Gasteiger partial charge in [-0.25, -0.2) is 9.18 Å². The van der Waals surface area contributed by atoms with Crippen LogP contribution in [0.3, 0.4) is 0 Å². The summed E-state index contributed by atoms with van der Waals surface area (Å²) < 4.78 is 14.1. The van der Waals surface area contributed by atoms with E-state index in [2.05, 4.69) is 0 Å². The molecule has 0 unspecified atom stereocenters. The Labute approximate surface area is 124 Å². The summed E-state index contributed by atoms with van der Waals surface area (Å²) in [7, 11) is 0. The standard InChI is InChI=1S/C15H7Cl2FO2/c16-10-5-4-8-9(6-12(19)20)7-2-1-3-11(18)13(7)14(8)15(10)17/h1-6H,(H,19,20)/b9-6+. The number of rotatable bonds is 1. The highest BCUT2D eigenvalue weighted by Gasteiger charge is 2.29. The van der Waals surface area contributed by atoms with Gasteiger partial charge >= 0.3 is 5.97 Å². The summed E-state index contributed by atoms with van der Waals surface area (Å²) >= 11 is 12.1. The zero-order valence-electron chi connectivity index (χ0n) is 9.95. The molecule has 0 bridgehead atoms. The molecule has 1 aliphatic rings. The summed E-state index contributed by atoms with van der Waals surface area (Å²) in [4.78, 5) is 11.0. The molecule has 0 fully saturated rings. The Morgan fingerprint density at radius 3 is 2.50 bits per heavy atom. The van der Waals surface area contributed by atoms with Crippen molar-refractivity contribution in [2.24, 2.45) is 0 Å². The predicted octanol–water partition coefficient (Wildman–Crippen LogP) is 4.63. The van der Waals surface area contributed by atoms with Gasteiger partial charge in [-0.3, -0.25) is 0 Å². The van der Waals surface area contributed by atoms with E-state index in [1.807, 2.05) is 0 Å². The molecule has 0 saturated heterocycles. The van der Waals surface area contributed by atoms with E-state index < -0.39 is 11.8 Å². The van der Waals surface area contributed by atoms with Crippen LogP contribution in [-0.2, 0) is 4.79 Å².